The molecule has 0 bridgehead atoms. The van der Waals surface area contributed by atoms with Crippen LogP contribution in [0.5, 0.6) is 5.75 Å². The van der Waals surface area contributed by atoms with Crippen LogP contribution in [0.2, 0.25) is 0 Å². The van der Waals surface area contributed by atoms with Crippen LogP contribution in [0.15, 0.2) is 24.3 Å². The summed E-state index contributed by atoms with van der Waals surface area (Å²) in [5, 5.41) is 11.4. The molecule has 1 aromatic rings. The molecule has 21 heavy (non-hydrogen) atoms. The Bertz CT molecular complexity index is 476. The summed E-state index contributed by atoms with van der Waals surface area (Å²) in [6.45, 7) is 1.28. The molecule has 0 radical (unpaired) electrons. The van der Waals surface area contributed by atoms with Crippen LogP contribution in [0.3, 0.4) is 0 Å². The van der Waals surface area contributed by atoms with Crippen molar-refractivity contribution in [2.45, 2.75) is 19.4 Å². The third-order valence-corrected chi connectivity index (χ3v) is 2.97. The third kappa shape index (κ3) is 7.31. The van der Waals surface area contributed by atoms with E-state index in [4.69, 9.17) is 9.84 Å². The second kappa shape index (κ2) is 8.97. The van der Waals surface area contributed by atoms with Crippen molar-refractivity contribution in [1.29, 1.82) is 0 Å². The maximum atomic E-state index is 11.8. The minimum absolute atomic E-state index is 0.0874. The van der Waals surface area contributed by atoms with E-state index in [2.05, 4.69) is 5.32 Å². The monoisotopic (exact) mass is 294 g/mol. The van der Waals surface area contributed by atoms with E-state index in [1.807, 2.05) is 29.2 Å². The second-order valence-electron chi connectivity index (χ2n) is 4.86. The van der Waals surface area contributed by atoms with Gasteiger partial charge in [-0.15, -0.1) is 0 Å². The number of aliphatic carboxylic acids is 1. The predicted molar refractivity (Wildman–Crippen MR) is 79.2 cm³/mol. The first-order valence-corrected chi connectivity index (χ1v) is 6.81. The topological polar surface area (TPSA) is 78.9 Å². The molecule has 0 atom stereocenters. The molecule has 2 N–H and O–H groups in total. The van der Waals surface area contributed by atoms with Crippen molar-refractivity contribution in [2.24, 2.45) is 0 Å². The van der Waals surface area contributed by atoms with Crippen molar-refractivity contribution in [3.8, 4) is 5.75 Å². The van der Waals surface area contributed by atoms with Crippen molar-refractivity contribution in [1.82, 2.24) is 10.2 Å². The lowest BCUT2D eigenvalue weighted by Gasteiger charge is -2.15. The number of carbonyl (C=O) groups is 2. The standard InChI is InChI=1S/C15H22N2O4/c1-17(8-4-7-15(19)20)11-14(18)16-10-12-5-3-6-13(9-12)21-2/h3,5-6,9H,4,7-8,10-11H2,1-2H3,(H,16,18)(H,19,20). The van der Waals surface area contributed by atoms with Gasteiger partial charge in [0.05, 0.1) is 13.7 Å². The highest BCUT2D eigenvalue weighted by atomic mass is 16.5. The summed E-state index contributed by atoms with van der Waals surface area (Å²) in [6, 6.07) is 7.51. The van der Waals surface area contributed by atoms with Crippen LogP contribution in [0.4, 0.5) is 0 Å². The Morgan fingerprint density at radius 2 is 2.14 bits per heavy atom. The fourth-order valence-electron chi connectivity index (χ4n) is 1.86. The van der Waals surface area contributed by atoms with E-state index < -0.39 is 5.97 Å². The molecule has 0 aliphatic rings. The normalized spacial score (nSPS) is 10.4. The Labute approximate surface area is 124 Å². The number of rotatable bonds is 9. The number of nitrogens with zero attached hydrogens (tertiary/aromatic N) is 1. The number of likely N-dealkylation sites (N-methyl/N-ethyl adjacent to an activating group) is 1. The van der Waals surface area contributed by atoms with Crippen LogP contribution in [0.1, 0.15) is 18.4 Å². The van der Waals surface area contributed by atoms with Gasteiger partial charge in [0.1, 0.15) is 5.75 Å². The molecule has 0 heterocycles. The van der Waals surface area contributed by atoms with Gasteiger partial charge in [0, 0.05) is 13.0 Å². The Balaban J connectivity index is 2.28. The first-order valence-electron chi connectivity index (χ1n) is 6.81. The summed E-state index contributed by atoms with van der Waals surface area (Å²) < 4.78 is 5.12. The number of hydrogen-bond acceptors (Lipinski definition) is 4. The number of ether oxygens (including phenoxy) is 1. The summed E-state index contributed by atoms with van der Waals surface area (Å²) >= 11 is 0. The van der Waals surface area contributed by atoms with Gasteiger partial charge in [-0.05, 0) is 37.7 Å². The van der Waals surface area contributed by atoms with Crippen LogP contribution in [0, 0.1) is 0 Å². The zero-order chi connectivity index (χ0) is 15.7. The van der Waals surface area contributed by atoms with Gasteiger partial charge in [-0.1, -0.05) is 12.1 Å². The van der Waals surface area contributed by atoms with Crippen molar-refractivity contribution >= 4 is 11.9 Å². The largest absolute Gasteiger partial charge is 0.497 e. The van der Waals surface area contributed by atoms with E-state index in [0.29, 0.717) is 19.5 Å². The summed E-state index contributed by atoms with van der Waals surface area (Å²) in [5.74, 6) is -0.144. The average Bonchev–Trinajstić information content (AvgIpc) is 2.45. The molecule has 0 unspecified atom stereocenters. The maximum Gasteiger partial charge on any atom is 0.303 e. The maximum absolute atomic E-state index is 11.8. The highest BCUT2D eigenvalue weighted by Crippen LogP contribution is 2.12. The molecule has 0 aliphatic heterocycles. The lowest BCUT2D eigenvalue weighted by molar-refractivity contribution is -0.137. The minimum Gasteiger partial charge on any atom is -0.497 e. The Morgan fingerprint density at radius 1 is 1.38 bits per heavy atom. The molecule has 0 saturated carbocycles. The van der Waals surface area contributed by atoms with Crippen LogP contribution < -0.4 is 10.1 Å². The molecule has 6 heteroatoms. The van der Waals surface area contributed by atoms with E-state index >= 15 is 0 Å². The summed E-state index contributed by atoms with van der Waals surface area (Å²) in [5.41, 5.74) is 0.969. The molecule has 1 amide bonds. The molecular formula is C15H22N2O4. The first kappa shape index (κ1) is 17.0. The number of nitrogens with one attached hydrogen (secondary N) is 1. The molecule has 0 spiro atoms. The lowest BCUT2D eigenvalue weighted by atomic mass is 10.2. The van der Waals surface area contributed by atoms with Gasteiger partial charge in [0.25, 0.3) is 0 Å². The third-order valence-electron chi connectivity index (χ3n) is 2.97. The summed E-state index contributed by atoms with van der Waals surface area (Å²) in [4.78, 5) is 24.0. The summed E-state index contributed by atoms with van der Waals surface area (Å²) in [6.07, 6.45) is 0.658. The Kier molecular flexibility index (Phi) is 7.25. The van der Waals surface area contributed by atoms with E-state index in [1.165, 1.54) is 0 Å². The van der Waals surface area contributed by atoms with Crippen LogP contribution in [-0.4, -0.2) is 49.1 Å². The highest BCUT2D eigenvalue weighted by molar-refractivity contribution is 5.78. The summed E-state index contributed by atoms with van der Waals surface area (Å²) in [7, 11) is 3.40. The molecule has 1 aromatic carbocycles. The van der Waals surface area contributed by atoms with Crippen molar-refractivity contribution in [2.75, 3.05) is 27.2 Å². The number of carboxylic acid groups (broad SMARTS) is 1. The van der Waals surface area contributed by atoms with Crippen molar-refractivity contribution in [3.63, 3.8) is 0 Å². The van der Waals surface area contributed by atoms with E-state index in [1.54, 1.807) is 14.2 Å². The SMILES string of the molecule is COc1cccc(CNC(=O)CN(C)CCCC(=O)O)c1. The van der Waals surface area contributed by atoms with E-state index in [0.717, 1.165) is 11.3 Å². The van der Waals surface area contributed by atoms with Gasteiger partial charge in [-0.3, -0.25) is 14.5 Å². The molecule has 0 saturated heterocycles. The molecule has 0 fully saturated rings. The fourth-order valence-corrected chi connectivity index (χ4v) is 1.86. The minimum atomic E-state index is -0.814. The van der Waals surface area contributed by atoms with Crippen LogP contribution in [-0.2, 0) is 16.1 Å². The fraction of sp³-hybridized carbons (Fsp3) is 0.467. The lowest BCUT2D eigenvalue weighted by Crippen LogP contribution is -2.35. The number of methoxy groups -OCH3 is 1. The average molecular weight is 294 g/mol. The molecule has 0 aliphatic carbocycles. The molecule has 0 aromatic heterocycles. The van der Waals surface area contributed by atoms with Gasteiger partial charge < -0.3 is 15.2 Å². The second-order valence-corrected chi connectivity index (χ2v) is 4.86. The molecule has 1 rings (SSSR count). The predicted octanol–water partition coefficient (Wildman–Crippen LogP) is 1.11. The number of carboxylic acids is 1. The smallest absolute Gasteiger partial charge is 0.303 e. The van der Waals surface area contributed by atoms with E-state index in [9.17, 15) is 9.59 Å². The molecule has 116 valence electrons. The van der Waals surface area contributed by atoms with Crippen LogP contribution in [0.25, 0.3) is 0 Å². The quantitative estimate of drug-likeness (QED) is 0.713. The van der Waals surface area contributed by atoms with Crippen molar-refractivity contribution in [3.05, 3.63) is 29.8 Å². The number of carbonyl (C=O) groups excluding carboxylic acids is 1. The Morgan fingerprint density at radius 3 is 2.81 bits per heavy atom. The van der Waals surface area contributed by atoms with Gasteiger partial charge in [-0.2, -0.15) is 0 Å². The van der Waals surface area contributed by atoms with Gasteiger partial charge in [-0.25, -0.2) is 0 Å². The van der Waals surface area contributed by atoms with Crippen molar-refractivity contribution < 1.29 is 19.4 Å². The highest BCUT2D eigenvalue weighted by Gasteiger charge is 2.07. The van der Waals surface area contributed by atoms with Gasteiger partial charge in [0.15, 0.2) is 0 Å². The van der Waals surface area contributed by atoms with Crippen LogP contribution >= 0.6 is 0 Å². The Hall–Kier alpha value is -2.08. The van der Waals surface area contributed by atoms with Gasteiger partial charge >= 0.3 is 5.97 Å². The van der Waals surface area contributed by atoms with E-state index in [-0.39, 0.29) is 18.9 Å². The van der Waals surface area contributed by atoms with Gasteiger partial charge in [0.2, 0.25) is 5.91 Å². The number of amides is 1. The zero-order valence-electron chi connectivity index (χ0n) is 12.5. The number of hydrogen-bond donors (Lipinski definition) is 2. The first-order chi connectivity index (χ1) is 10.0. The molecule has 6 nitrogen and oxygen atoms in total. The number of benzene rings is 1. The zero-order valence-corrected chi connectivity index (χ0v) is 12.5. The molecular weight excluding hydrogens is 272 g/mol.